The van der Waals surface area contributed by atoms with Gasteiger partial charge in [0.1, 0.15) is 12.1 Å². The number of benzene rings is 3. The molecule has 3 aromatic carbocycles. The molecular formula is C26H20ClNO5. The summed E-state index contributed by atoms with van der Waals surface area (Å²) in [5, 5.41) is 10.1. The first-order valence-electron chi connectivity index (χ1n) is 10.6. The predicted molar refractivity (Wildman–Crippen MR) is 123 cm³/mol. The lowest BCUT2D eigenvalue weighted by Gasteiger charge is -2.15. The van der Waals surface area contributed by atoms with Gasteiger partial charge in [-0.2, -0.15) is 0 Å². The highest BCUT2D eigenvalue weighted by Gasteiger charge is 2.30. The highest BCUT2D eigenvalue weighted by molar-refractivity contribution is 6.31. The summed E-state index contributed by atoms with van der Waals surface area (Å²) in [5.74, 6) is -2.52. The minimum atomic E-state index is -1.11. The van der Waals surface area contributed by atoms with Crippen LogP contribution in [0.2, 0.25) is 5.02 Å². The van der Waals surface area contributed by atoms with E-state index in [4.69, 9.17) is 20.8 Å². The molecule has 5 rings (SSSR count). The Morgan fingerprint density at radius 3 is 2.36 bits per heavy atom. The van der Waals surface area contributed by atoms with E-state index in [1.807, 2.05) is 36.4 Å². The summed E-state index contributed by atoms with van der Waals surface area (Å²) < 4.78 is 11.2. The van der Waals surface area contributed by atoms with E-state index in [0.29, 0.717) is 16.1 Å². The van der Waals surface area contributed by atoms with Gasteiger partial charge in [0.15, 0.2) is 11.5 Å². The number of carboxylic acid groups (broad SMARTS) is 1. The number of hydrogen-bond acceptors (Lipinski definition) is 5. The molecule has 1 aliphatic carbocycles. The molecule has 0 bridgehead atoms. The number of nitrogens with zero attached hydrogens (tertiary/aromatic N) is 1. The Kier molecular flexibility index (Phi) is 5.60. The van der Waals surface area contributed by atoms with Crippen LogP contribution in [0.3, 0.4) is 0 Å². The van der Waals surface area contributed by atoms with Crippen molar-refractivity contribution in [1.82, 2.24) is 4.98 Å². The predicted octanol–water partition coefficient (Wildman–Crippen LogP) is 5.47. The number of carboxylic acids is 1. The van der Waals surface area contributed by atoms with Crippen molar-refractivity contribution in [2.45, 2.75) is 18.8 Å². The van der Waals surface area contributed by atoms with Crippen LogP contribution in [-0.2, 0) is 20.7 Å². The lowest BCUT2D eigenvalue weighted by molar-refractivity contribution is -0.151. The van der Waals surface area contributed by atoms with Crippen LogP contribution < -0.4 is 0 Å². The molecule has 6 nitrogen and oxygen atoms in total. The van der Waals surface area contributed by atoms with Crippen LogP contribution >= 0.6 is 11.6 Å². The quantitative estimate of drug-likeness (QED) is 0.367. The van der Waals surface area contributed by atoms with E-state index in [-0.39, 0.29) is 31.3 Å². The van der Waals surface area contributed by atoms with Gasteiger partial charge in [-0.25, -0.2) is 4.98 Å². The maximum absolute atomic E-state index is 12.6. The van der Waals surface area contributed by atoms with E-state index in [9.17, 15) is 14.7 Å². The monoisotopic (exact) mass is 461 g/mol. The fourth-order valence-electron chi connectivity index (χ4n) is 4.37. The molecule has 0 fully saturated rings. The third-order valence-corrected chi connectivity index (χ3v) is 6.19. The molecule has 1 heterocycles. The number of aliphatic carboxylic acids is 1. The molecule has 0 saturated carbocycles. The number of carbonyl (C=O) groups is 2. The van der Waals surface area contributed by atoms with Crippen molar-refractivity contribution in [2.24, 2.45) is 5.92 Å². The van der Waals surface area contributed by atoms with Crippen LogP contribution in [0.4, 0.5) is 0 Å². The van der Waals surface area contributed by atoms with Gasteiger partial charge in [-0.05, 0) is 34.4 Å². The van der Waals surface area contributed by atoms with Crippen molar-refractivity contribution >= 4 is 34.6 Å². The Hall–Kier alpha value is -3.64. The van der Waals surface area contributed by atoms with Gasteiger partial charge in [0, 0.05) is 23.4 Å². The van der Waals surface area contributed by atoms with Crippen LogP contribution in [0.1, 0.15) is 29.4 Å². The molecule has 166 valence electrons. The number of fused-ring (bicyclic) bond motifs is 4. The van der Waals surface area contributed by atoms with Gasteiger partial charge in [0.2, 0.25) is 0 Å². The number of ether oxygens (including phenoxy) is 1. The first kappa shape index (κ1) is 21.2. The number of carbonyl (C=O) groups excluding carboxylic acids is 1. The number of halogens is 1. The van der Waals surface area contributed by atoms with E-state index >= 15 is 0 Å². The van der Waals surface area contributed by atoms with Gasteiger partial charge >= 0.3 is 11.9 Å². The highest BCUT2D eigenvalue weighted by atomic mass is 35.5. The van der Waals surface area contributed by atoms with Crippen LogP contribution in [0.15, 0.2) is 71.1 Å². The van der Waals surface area contributed by atoms with Gasteiger partial charge in [-0.15, -0.1) is 0 Å². The van der Waals surface area contributed by atoms with Gasteiger partial charge in [-0.1, -0.05) is 60.1 Å². The minimum Gasteiger partial charge on any atom is -0.481 e. The molecule has 1 atom stereocenters. The molecule has 0 amide bonds. The molecule has 1 N–H and O–H groups in total. The molecule has 1 aliphatic rings. The standard InChI is InChI=1S/C26H20ClNO5/c27-16-9-10-22-23(13-16)33-24(28-22)11-15(26(30)31)12-25(29)32-14-21-19-7-3-1-5-17(19)18-6-2-4-8-20(18)21/h1-10,13,15,21H,11-12,14H2,(H,30,31)/t15-/m1/s1. The van der Waals surface area contributed by atoms with E-state index in [1.54, 1.807) is 18.2 Å². The van der Waals surface area contributed by atoms with Crippen LogP contribution in [0.25, 0.3) is 22.2 Å². The first-order chi connectivity index (χ1) is 16.0. The zero-order valence-corrected chi connectivity index (χ0v) is 18.3. The summed E-state index contributed by atoms with van der Waals surface area (Å²) >= 11 is 5.96. The Morgan fingerprint density at radius 1 is 1.03 bits per heavy atom. The number of hydrogen-bond donors (Lipinski definition) is 1. The maximum Gasteiger partial charge on any atom is 0.307 e. The normalized spacial score (nSPS) is 13.5. The van der Waals surface area contributed by atoms with Crippen LogP contribution in [0, 0.1) is 5.92 Å². The smallest absolute Gasteiger partial charge is 0.307 e. The third kappa shape index (κ3) is 4.22. The topological polar surface area (TPSA) is 89.6 Å². The molecule has 4 aromatic rings. The largest absolute Gasteiger partial charge is 0.481 e. The average Bonchev–Trinajstić information content (AvgIpc) is 3.35. The van der Waals surface area contributed by atoms with Crippen molar-refractivity contribution in [3.05, 3.63) is 88.8 Å². The second kappa shape index (κ2) is 8.71. The lowest BCUT2D eigenvalue weighted by Crippen LogP contribution is -2.23. The second-order valence-electron chi connectivity index (χ2n) is 8.07. The molecular weight excluding hydrogens is 442 g/mol. The second-order valence-corrected chi connectivity index (χ2v) is 8.51. The number of esters is 1. The van der Waals surface area contributed by atoms with E-state index in [0.717, 1.165) is 22.3 Å². The fourth-order valence-corrected chi connectivity index (χ4v) is 4.53. The van der Waals surface area contributed by atoms with E-state index in [2.05, 4.69) is 17.1 Å². The lowest BCUT2D eigenvalue weighted by atomic mass is 9.98. The Morgan fingerprint density at radius 2 is 1.70 bits per heavy atom. The minimum absolute atomic E-state index is 0.0220. The number of rotatable bonds is 7. The van der Waals surface area contributed by atoms with Crippen molar-refractivity contribution in [1.29, 1.82) is 0 Å². The highest BCUT2D eigenvalue weighted by Crippen LogP contribution is 2.44. The summed E-state index contributed by atoms with van der Waals surface area (Å²) in [4.78, 5) is 28.7. The molecule has 33 heavy (non-hydrogen) atoms. The fraction of sp³-hybridized carbons (Fsp3) is 0.192. The molecule has 0 radical (unpaired) electrons. The molecule has 7 heteroatoms. The van der Waals surface area contributed by atoms with Gasteiger partial charge in [-0.3, -0.25) is 9.59 Å². The summed E-state index contributed by atoms with van der Waals surface area (Å²) in [6.07, 6.45) is -0.295. The van der Waals surface area contributed by atoms with Crippen LogP contribution in [0.5, 0.6) is 0 Å². The first-order valence-corrected chi connectivity index (χ1v) is 11.0. The summed E-state index contributed by atoms with van der Waals surface area (Å²) in [6.45, 7) is 0.153. The van der Waals surface area contributed by atoms with Crippen molar-refractivity contribution in [3.63, 3.8) is 0 Å². The van der Waals surface area contributed by atoms with E-state index in [1.165, 1.54) is 0 Å². The Balaban J connectivity index is 1.27. The summed E-state index contributed by atoms with van der Waals surface area (Å²) in [6, 6.07) is 21.1. The molecule has 0 aliphatic heterocycles. The Bertz CT molecular complexity index is 1320. The van der Waals surface area contributed by atoms with Crippen molar-refractivity contribution in [3.8, 4) is 11.1 Å². The van der Waals surface area contributed by atoms with Crippen molar-refractivity contribution in [2.75, 3.05) is 6.61 Å². The third-order valence-electron chi connectivity index (χ3n) is 5.95. The van der Waals surface area contributed by atoms with Crippen LogP contribution in [-0.4, -0.2) is 28.6 Å². The number of oxazole rings is 1. The zero-order valence-electron chi connectivity index (χ0n) is 17.5. The molecule has 1 aromatic heterocycles. The molecule has 0 saturated heterocycles. The zero-order chi connectivity index (χ0) is 22.9. The average molecular weight is 462 g/mol. The maximum atomic E-state index is 12.6. The number of aromatic nitrogens is 1. The summed E-state index contributed by atoms with van der Waals surface area (Å²) in [5.41, 5.74) is 5.53. The SMILES string of the molecule is O=C(C[C@@H](Cc1nc2ccc(Cl)cc2o1)C(=O)O)OCC1c2ccccc2-c2ccccc21. The Labute approximate surface area is 194 Å². The van der Waals surface area contributed by atoms with E-state index < -0.39 is 17.9 Å². The van der Waals surface area contributed by atoms with Gasteiger partial charge < -0.3 is 14.3 Å². The molecule has 0 unspecified atom stereocenters. The van der Waals surface area contributed by atoms with Crippen molar-refractivity contribution < 1.29 is 23.8 Å². The van der Waals surface area contributed by atoms with Gasteiger partial charge in [0.25, 0.3) is 0 Å². The van der Waals surface area contributed by atoms with Gasteiger partial charge in [0.05, 0.1) is 12.3 Å². The summed E-state index contributed by atoms with van der Waals surface area (Å²) in [7, 11) is 0. The molecule has 0 spiro atoms.